The average molecular weight is 523 g/mol. The number of halogens is 3. The fourth-order valence-electron chi connectivity index (χ4n) is 2.71. The highest BCUT2D eigenvalue weighted by Crippen LogP contribution is 2.19. The lowest BCUT2D eigenvalue weighted by Gasteiger charge is -2.18. The molecule has 0 radical (unpaired) electrons. The van der Waals surface area contributed by atoms with E-state index < -0.39 is 23.6 Å². The van der Waals surface area contributed by atoms with Gasteiger partial charge < -0.3 is 19.5 Å². The van der Waals surface area contributed by atoms with Crippen LogP contribution in [0, 0.1) is 11.6 Å². The van der Waals surface area contributed by atoms with Gasteiger partial charge in [-0.1, -0.05) is 12.7 Å². The molecule has 33 heavy (non-hydrogen) atoms. The number of benzene rings is 1. The molecule has 0 aliphatic rings. The summed E-state index contributed by atoms with van der Waals surface area (Å²) in [6, 6.07) is 6.29. The molecule has 176 valence electrons. The summed E-state index contributed by atoms with van der Waals surface area (Å²) in [5.41, 5.74) is 0.208. The van der Waals surface area contributed by atoms with Crippen LogP contribution in [0.5, 0.6) is 5.75 Å². The lowest BCUT2D eigenvalue weighted by atomic mass is 10.2. The molecule has 0 aliphatic heterocycles. The van der Waals surface area contributed by atoms with Gasteiger partial charge in [-0.2, -0.15) is 0 Å². The van der Waals surface area contributed by atoms with Crippen LogP contribution in [0.1, 0.15) is 13.8 Å². The van der Waals surface area contributed by atoms with Crippen LogP contribution in [-0.4, -0.2) is 36.8 Å². The van der Waals surface area contributed by atoms with Gasteiger partial charge >= 0.3 is 0 Å². The molecule has 1 aromatic heterocycles. The zero-order valence-corrected chi connectivity index (χ0v) is 20.1. The van der Waals surface area contributed by atoms with E-state index in [1.165, 1.54) is 19.3 Å². The Bertz CT molecular complexity index is 1010. The lowest BCUT2D eigenvalue weighted by Crippen LogP contribution is -2.18. The Labute approximate surface area is 200 Å². The summed E-state index contributed by atoms with van der Waals surface area (Å²) in [4.78, 5) is 16.8. The highest BCUT2D eigenvalue weighted by Gasteiger charge is 2.13. The van der Waals surface area contributed by atoms with Crippen LogP contribution in [0.2, 0.25) is 0 Å². The predicted molar refractivity (Wildman–Crippen MR) is 126 cm³/mol. The standard InChI is InChI=1S/C24H25BrF2N2O4/c1-5-17(24(30)29-23-7-6-18(25)13-28-23)9-21(33-16(3)14-31-4)8-15(2)32-22-11-19(26)10-20(27)12-22/h5-13,15-16H,1,14H2,2-4H3,(H,28,29,30)/b17-9+,21-8+. The number of carbonyl (C=O) groups is 1. The summed E-state index contributed by atoms with van der Waals surface area (Å²) in [7, 11) is 1.54. The molecule has 0 bridgehead atoms. The van der Waals surface area contributed by atoms with Gasteiger partial charge in [-0.25, -0.2) is 13.8 Å². The van der Waals surface area contributed by atoms with Crippen molar-refractivity contribution in [2.24, 2.45) is 0 Å². The number of methoxy groups -OCH3 is 1. The SMILES string of the molecule is C=C/C(=C\C(=C/C(C)Oc1cc(F)cc(F)c1)OC(C)COC)C(=O)Nc1ccc(Br)cn1. The number of ether oxygens (including phenoxy) is 3. The minimum atomic E-state index is -0.751. The van der Waals surface area contributed by atoms with E-state index in [4.69, 9.17) is 14.2 Å². The first kappa shape index (κ1) is 26.2. The van der Waals surface area contributed by atoms with Gasteiger partial charge in [0, 0.05) is 41.6 Å². The summed E-state index contributed by atoms with van der Waals surface area (Å²) in [5.74, 6) is -1.28. The van der Waals surface area contributed by atoms with E-state index in [0.29, 0.717) is 12.4 Å². The van der Waals surface area contributed by atoms with Crippen LogP contribution in [0.25, 0.3) is 0 Å². The summed E-state index contributed by atoms with van der Waals surface area (Å²) < 4.78 is 44.3. The minimum Gasteiger partial charge on any atom is -0.488 e. The quantitative estimate of drug-likeness (QED) is 0.237. The van der Waals surface area contributed by atoms with E-state index in [9.17, 15) is 13.6 Å². The van der Waals surface area contributed by atoms with Crippen molar-refractivity contribution >= 4 is 27.7 Å². The summed E-state index contributed by atoms with van der Waals surface area (Å²) in [6.45, 7) is 7.45. The zero-order chi connectivity index (χ0) is 24.4. The number of aromatic nitrogens is 1. The third-order valence-corrected chi connectivity index (χ3v) is 4.51. The largest absolute Gasteiger partial charge is 0.488 e. The molecule has 2 rings (SSSR count). The molecule has 0 spiro atoms. The number of nitrogens with zero attached hydrogens (tertiary/aromatic N) is 1. The topological polar surface area (TPSA) is 69.7 Å². The second kappa shape index (κ2) is 12.9. The van der Waals surface area contributed by atoms with Crippen LogP contribution in [0.15, 0.2) is 77.1 Å². The third-order valence-electron chi connectivity index (χ3n) is 4.04. The first-order valence-electron chi connectivity index (χ1n) is 9.97. The Morgan fingerprint density at radius 3 is 2.52 bits per heavy atom. The van der Waals surface area contributed by atoms with Crippen LogP contribution < -0.4 is 10.1 Å². The Kier molecular flexibility index (Phi) is 10.2. The van der Waals surface area contributed by atoms with E-state index in [1.807, 2.05) is 0 Å². The minimum absolute atomic E-state index is 0.0209. The van der Waals surface area contributed by atoms with Gasteiger partial charge in [0.1, 0.15) is 41.2 Å². The molecule has 0 aliphatic carbocycles. The van der Waals surface area contributed by atoms with Crippen molar-refractivity contribution in [3.05, 3.63) is 88.8 Å². The average Bonchev–Trinajstić information content (AvgIpc) is 2.72. The number of nitrogens with one attached hydrogen (secondary N) is 1. The maximum atomic E-state index is 13.5. The van der Waals surface area contributed by atoms with Gasteiger partial charge in [-0.05, 0) is 54.1 Å². The van der Waals surface area contributed by atoms with Crippen molar-refractivity contribution in [2.75, 3.05) is 19.0 Å². The highest BCUT2D eigenvalue weighted by atomic mass is 79.9. The van der Waals surface area contributed by atoms with E-state index in [1.54, 1.807) is 38.3 Å². The smallest absolute Gasteiger partial charge is 0.256 e. The van der Waals surface area contributed by atoms with Gasteiger partial charge in [-0.3, -0.25) is 4.79 Å². The molecule has 2 atom stereocenters. The summed E-state index contributed by atoms with van der Waals surface area (Å²) in [6.07, 6.45) is 5.00. The van der Waals surface area contributed by atoms with Crippen molar-refractivity contribution in [3.8, 4) is 5.75 Å². The number of hydrogen-bond donors (Lipinski definition) is 1. The monoisotopic (exact) mass is 522 g/mol. The number of allylic oxidation sites excluding steroid dienone is 1. The number of hydrogen-bond acceptors (Lipinski definition) is 5. The second-order valence-corrected chi connectivity index (χ2v) is 7.92. The van der Waals surface area contributed by atoms with Gasteiger partial charge in [0.15, 0.2) is 0 Å². The fourth-order valence-corrected chi connectivity index (χ4v) is 2.94. The highest BCUT2D eigenvalue weighted by molar-refractivity contribution is 9.10. The van der Waals surface area contributed by atoms with Crippen molar-refractivity contribution in [2.45, 2.75) is 26.1 Å². The van der Waals surface area contributed by atoms with Gasteiger partial charge in [0.05, 0.1) is 6.61 Å². The molecule has 6 nitrogen and oxygen atoms in total. The van der Waals surface area contributed by atoms with Gasteiger partial charge in [0.25, 0.3) is 5.91 Å². The number of rotatable bonds is 11. The molecule has 2 aromatic rings. The summed E-state index contributed by atoms with van der Waals surface area (Å²) in [5, 5.41) is 2.68. The number of pyridine rings is 1. The molecule has 2 unspecified atom stereocenters. The fraction of sp³-hybridized carbons (Fsp3) is 0.250. The van der Waals surface area contributed by atoms with Crippen molar-refractivity contribution in [3.63, 3.8) is 0 Å². The van der Waals surface area contributed by atoms with Gasteiger partial charge in [-0.15, -0.1) is 0 Å². The summed E-state index contributed by atoms with van der Waals surface area (Å²) >= 11 is 3.29. The first-order valence-corrected chi connectivity index (χ1v) is 10.8. The van der Waals surface area contributed by atoms with Crippen LogP contribution >= 0.6 is 15.9 Å². The number of amides is 1. The Balaban J connectivity index is 2.26. The van der Waals surface area contributed by atoms with E-state index in [0.717, 1.165) is 22.7 Å². The maximum Gasteiger partial charge on any atom is 0.256 e. The first-order chi connectivity index (χ1) is 15.7. The van der Waals surface area contributed by atoms with Crippen LogP contribution in [-0.2, 0) is 14.3 Å². The molecule has 1 N–H and O–H groups in total. The Morgan fingerprint density at radius 2 is 1.94 bits per heavy atom. The molecular formula is C24H25BrF2N2O4. The second-order valence-electron chi connectivity index (χ2n) is 7.00. The van der Waals surface area contributed by atoms with Crippen molar-refractivity contribution in [1.82, 2.24) is 4.98 Å². The number of anilines is 1. The lowest BCUT2D eigenvalue weighted by molar-refractivity contribution is -0.112. The molecule has 1 amide bonds. The van der Waals surface area contributed by atoms with E-state index in [-0.39, 0.29) is 23.2 Å². The van der Waals surface area contributed by atoms with Crippen molar-refractivity contribution in [1.29, 1.82) is 0 Å². The van der Waals surface area contributed by atoms with Crippen LogP contribution in [0.3, 0.4) is 0 Å². The van der Waals surface area contributed by atoms with Gasteiger partial charge in [0.2, 0.25) is 0 Å². The molecule has 0 saturated carbocycles. The third kappa shape index (κ3) is 9.15. The van der Waals surface area contributed by atoms with Crippen molar-refractivity contribution < 1.29 is 27.8 Å². The Hall–Kier alpha value is -3.04. The van der Waals surface area contributed by atoms with E-state index in [2.05, 4.69) is 32.8 Å². The molecule has 9 heteroatoms. The predicted octanol–water partition coefficient (Wildman–Crippen LogP) is 5.58. The Morgan fingerprint density at radius 1 is 1.24 bits per heavy atom. The number of carbonyl (C=O) groups excluding carboxylic acids is 1. The zero-order valence-electron chi connectivity index (χ0n) is 18.5. The molecule has 0 saturated heterocycles. The molecule has 1 heterocycles. The van der Waals surface area contributed by atoms with E-state index >= 15 is 0 Å². The molecular weight excluding hydrogens is 498 g/mol. The molecule has 1 aromatic carbocycles. The normalized spacial score (nSPS) is 13.8. The molecule has 0 fully saturated rings. The maximum absolute atomic E-state index is 13.5. The van der Waals surface area contributed by atoms with Crippen LogP contribution in [0.4, 0.5) is 14.6 Å².